The van der Waals surface area contributed by atoms with E-state index in [4.69, 9.17) is 23.2 Å². The van der Waals surface area contributed by atoms with E-state index in [2.05, 4.69) is 22.0 Å². The summed E-state index contributed by atoms with van der Waals surface area (Å²) in [5, 5.41) is 3.96. The van der Waals surface area contributed by atoms with Gasteiger partial charge in [0.15, 0.2) is 0 Å². The summed E-state index contributed by atoms with van der Waals surface area (Å²) in [5.41, 5.74) is 1.07. The summed E-state index contributed by atoms with van der Waals surface area (Å²) < 4.78 is 2.10. The van der Waals surface area contributed by atoms with E-state index >= 15 is 0 Å². The van der Waals surface area contributed by atoms with Gasteiger partial charge in [0.1, 0.15) is 0 Å². The SMILES string of the molecule is ClCc1c(Br)c(Cl)cc2sccc12. The zero-order valence-corrected chi connectivity index (χ0v) is 10.4. The van der Waals surface area contributed by atoms with Gasteiger partial charge < -0.3 is 0 Å². The van der Waals surface area contributed by atoms with Gasteiger partial charge in [-0.05, 0) is 44.4 Å². The van der Waals surface area contributed by atoms with Crippen molar-refractivity contribution < 1.29 is 0 Å². The van der Waals surface area contributed by atoms with Gasteiger partial charge in [0.2, 0.25) is 0 Å². The summed E-state index contributed by atoms with van der Waals surface area (Å²) in [7, 11) is 0. The van der Waals surface area contributed by atoms with Crippen LogP contribution in [0.15, 0.2) is 22.0 Å². The molecule has 2 rings (SSSR count). The second-order valence-electron chi connectivity index (χ2n) is 2.62. The van der Waals surface area contributed by atoms with E-state index in [1.54, 1.807) is 11.3 Å². The summed E-state index contributed by atoms with van der Waals surface area (Å²) in [5.74, 6) is 0.481. The first-order chi connectivity index (χ1) is 6.24. The zero-order chi connectivity index (χ0) is 9.42. The fraction of sp³-hybridized carbons (Fsp3) is 0.111. The molecule has 0 spiro atoms. The average Bonchev–Trinajstić information content (AvgIpc) is 2.54. The zero-order valence-electron chi connectivity index (χ0n) is 6.48. The molecule has 0 aliphatic rings. The molecule has 0 saturated heterocycles. The highest BCUT2D eigenvalue weighted by Gasteiger charge is 2.09. The van der Waals surface area contributed by atoms with Gasteiger partial charge in [-0.15, -0.1) is 22.9 Å². The van der Waals surface area contributed by atoms with Crippen LogP contribution in [0.25, 0.3) is 10.1 Å². The first-order valence-electron chi connectivity index (χ1n) is 3.64. The van der Waals surface area contributed by atoms with E-state index < -0.39 is 0 Å². The van der Waals surface area contributed by atoms with Gasteiger partial charge in [0.25, 0.3) is 0 Å². The first-order valence-corrected chi connectivity index (χ1v) is 6.22. The molecule has 0 fully saturated rings. The number of alkyl halides is 1. The molecule has 0 radical (unpaired) electrons. The van der Waals surface area contributed by atoms with E-state index in [1.165, 1.54) is 10.1 Å². The fourth-order valence-corrected chi connectivity index (χ4v) is 3.30. The van der Waals surface area contributed by atoms with Gasteiger partial charge in [-0.3, -0.25) is 0 Å². The highest BCUT2D eigenvalue weighted by molar-refractivity contribution is 9.10. The minimum Gasteiger partial charge on any atom is -0.144 e. The maximum Gasteiger partial charge on any atom is 0.0565 e. The number of rotatable bonds is 1. The summed E-state index contributed by atoms with van der Waals surface area (Å²) in [6.45, 7) is 0. The molecule has 0 bridgehead atoms. The maximum atomic E-state index is 6.03. The van der Waals surface area contributed by atoms with Crippen LogP contribution in [-0.2, 0) is 5.88 Å². The minimum absolute atomic E-state index is 0.481. The van der Waals surface area contributed by atoms with Crippen LogP contribution < -0.4 is 0 Å². The standard InChI is InChI=1S/C9H5BrCl2S/c10-9-6(4-11)5-1-2-13-8(5)3-7(9)12/h1-3H,4H2. The topological polar surface area (TPSA) is 0 Å². The van der Waals surface area contributed by atoms with Gasteiger partial charge in [0, 0.05) is 15.1 Å². The van der Waals surface area contributed by atoms with E-state index in [9.17, 15) is 0 Å². The Bertz CT molecular complexity index is 450. The second-order valence-corrected chi connectivity index (χ2v) is 5.03. The Morgan fingerprint density at radius 1 is 1.46 bits per heavy atom. The normalized spacial score (nSPS) is 11.0. The largest absolute Gasteiger partial charge is 0.144 e. The summed E-state index contributed by atoms with van der Waals surface area (Å²) in [6.07, 6.45) is 0. The smallest absolute Gasteiger partial charge is 0.0565 e. The van der Waals surface area contributed by atoms with Gasteiger partial charge in [-0.25, -0.2) is 0 Å². The lowest BCUT2D eigenvalue weighted by Crippen LogP contribution is -1.82. The molecule has 0 aliphatic heterocycles. The Hall–Kier alpha value is 0.240. The van der Waals surface area contributed by atoms with E-state index in [1.807, 2.05) is 11.4 Å². The van der Waals surface area contributed by atoms with Gasteiger partial charge in [-0.2, -0.15) is 0 Å². The van der Waals surface area contributed by atoms with Gasteiger partial charge in [0.05, 0.1) is 5.02 Å². The van der Waals surface area contributed by atoms with E-state index in [0.29, 0.717) is 5.88 Å². The number of hydrogen-bond acceptors (Lipinski definition) is 1. The molecule has 0 nitrogen and oxygen atoms in total. The second kappa shape index (κ2) is 3.77. The number of fused-ring (bicyclic) bond motifs is 1. The highest BCUT2D eigenvalue weighted by atomic mass is 79.9. The van der Waals surface area contributed by atoms with E-state index in [-0.39, 0.29) is 0 Å². The maximum absolute atomic E-state index is 6.03. The van der Waals surface area contributed by atoms with Gasteiger partial charge in [-0.1, -0.05) is 11.6 Å². The number of thiophene rings is 1. The van der Waals surface area contributed by atoms with Crippen molar-refractivity contribution in [3.63, 3.8) is 0 Å². The van der Waals surface area contributed by atoms with Crippen LogP contribution in [0.1, 0.15) is 5.56 Å². The molecular weight excluding hydrogens is 291 g/mol. The van der Waals surface area contributed by atoms with Crippen LogP contribution in [0.5, 0.6) is 0 Å². The number of hydrogen-bond donors (Lipinski definition) is 0. The Labute approximate surface area is 98.6 Å². The van der Waals surface area contributed by atoms with Crippen LogP contribution >= 0.6 is 50.5 Å². The third-order valence-corrected chi connectivity index (χ3v) is 4.45. The molecule has 0 saturated carbocycles. The van der Waals surface area contributed by atoms with Crippen molar-refractivity contribution in [1.29, 1.82) is 0 Å². The molecule has 0 unspecified atom stereocenters. The molecule has 0 atom stereocenters. The average molecular weight is 296 g/mol. The predicted molar refractivity (Wildman–Crippen MR) is 64.1 cm³/mol. The molecule has 0 N–H and O–H groups in total. The highest BCUT2D eigenvalue weighted by Crippen LogP contribution is 2.36. The molecule has 68 valence electrons. The van der Waals surface area contributed by atoms with Crippen LogP contribution in [0.4, 0.5) is 0 Å². The predicted octanol–water partition coefficient (Wildman–Crippen LogP) is 5.06. The van der Waals surface area contributed by atoms with Crippen molar-refractivity contribution in [2.24, 2.45) is 0 Å². The lowest BCUT2D eigenvalue weighted by atomic mass is 10.1. The van der Waals surface area contributed by atoms with Crippen LogP contribution in [0.2, 0.25) is 5.02 Å². The molecular formula is C9H5BrCl2S. The molecule has 13 heavy (non-hydrogen) atoms. The van der Waals surface area contributed by atoms with Crippen LogP contribution in [-0.4, -0.2) is 0 Å². The quantitative estimate of drug-likeness (QED) is 0.645. The molecule has 0 aliphatic carbocycles. The van der Waals surface area contributed by atoms with Crippen molar-refractivity contribution >= 4 is 60.6 Å². The van der Waals surface area contributed by atoms with E-state index in [0.717, 1.165) is 15.1 Å². The molecule has 1 heterocycles. The summed E-state index contributed by atoms with van der Waals surface area (Å²) in [6, 6.07) is 4.03. The number of benzene rings is 1. The summed E-state index contributed by atoms with van der Waals surface area (Å²) in [4.78, 5) is 0. The molecule has 1 aromatic carbocycles. The lowest BCUT2D eigenvalue weighted by molar-refractivity contribution is 1.42. The van der Waals surface area contributed by atoms with Crippen LogP contribution in [0.3, 0.4) is 0 Å². The summed E-state index contributed by atoms with van der Waals surface area (Å²) >= 11 is 17.0. The first kappa shape index (κ1) is 9.78. The fourth-order valence-electron chi connectivity index (χ4n) is 1.25. The molecule has 2 aromatic rings. The molecule has 1 aromatic heterocycles. The number of halogens is 3. The van der Waals surface area contributed by atoms with Crippen molar-refractivity contribution in [2.45, 2.75) is 5.88 Å². The Morgan fingerprint density at radius 3 is 2.92 bits per heavy atom. The van der Waals surface area contributed by atoms with Crippen molar-refractivity contribution in [1.82, 2.24) is 0 Å². The van der Waals surface area contributed by atoms with Crippen molar-refractivity contribution in [3.8, 4) is 0 Å². The monoisotopic (exact) mass is 294 g/mol. The third kappa shape index (κ3) is 1.61. The van der Waals surface area contributed by atoms with Crippen molar-refractivity contribution in [2.75, 3.05) is 0 Å². The molecule has 0 amide bonds. The minimum atomic E-state index is 0.481. The van der Waals surface area contributed by atoms with Gasteiger partial charge >= 0.3 is 0 Å². The lowest BCUT2D eigenvalue weighted by Gasteiger charge is -2.04. The molecule has 4 heteroatoms. The third-order valence-electron chi connectivity index (χ3n) is 1.89. The Balaban J connectivity index is 2.87. The van der Waals surface area contributed by atoms with Crippen LogP contribution in [0, 0.1) is 0 Å². The van der Waals surface area contributed by atoms with Crippen molar-refractivity contribution in [3.05, 3.63) is 32.6 Å². The Morgan fingerprint density at radius 2 is 2.23 bits per heavy atom. The Kier molecular flexibility index (Phi) is 2.84.